The van der Waals surface area contributed by atoms with Crippen molar-refractivity contribution in [3.05, 3.63) is 22.2 Å². The summed E-state index contributed by atoms with van der Waals surface area (Å²) >= 11 is 0. The average Bonchev–Trinajstić information content (AvgIpc) is 2.71. The predicted molar refractivity (Wildman–Crippen MR) is 75.5 cm³/mol. The molecule has 6 nitrogen and oxygen atoms in total. The van der Waals surface area contributed by atoms with Gasteiger partial charge in [0.1, 0.15) is 0 Å². The fourth-order valence-corrected chi connectivity index (χ4v) is 1.95. The van der Waals surface area contributed by atoms with E-state index in [1.807, 2.05) is 6.07 Å². The number of hydrogen-bond acceptors (Lipinski definition) is 4. The first kappa shape index (κ1) is 13.6. The number of fused-ring (bicyclic) bond motifs is 1. The van der Waals surface area contributed by atoms with E-state index < -0.39 is 0 Å². The van der Waals surface area contributed by atoms with Gasteiger partial charge in [0, 0.05) is 18.3 Å². The molecule has 104 valence electrons. The van der Waals surface area contributed by atoms with Gasteiger partial charge >= 0.3 is 5.69 Å². The maximum atomic E-state index is 11.7. The molecule has 2 aromatic rings. The van der Waals surface area contributed by atoms with Crippen LogP contribution in [0.4, 0.5) is 5.95 Å². The maximum Gasteiger partial charge on any atom is 0.350 e. The molecule has 0 aliphatic rings. The molecular formula is C13H21N5O. The highest BCUT2D eigenvalue weighted by Crippen LogP contribution is 2.10. The zero-order valence-electron chi connectivity index (χ0n) is 11.7. The first-order chi connectivity index (χ1) is 9.11. The van der Waals surface area contributed by atoms with Crippen LogP contribution in [0.2, 0.25) is 0 Å². The summed E-state index contributed by atoms with van der Waals surface area (Å²) in [6.07, 6.45) is 2.94. The molecule has 2 heterocycles. The van der Waals surface area contributed by atoms with Gasteiger partial charge in [-0.2, -0.15) is 5.10 Å². The Morgan fingerprint density at radius 2 is 2.26 bits per heavy atom. The van der Waals surface area contributed by atoms with Crippen molar-refractivity contribution in [2.45, 2.75) is 40.0 Å². The van der Waals surface area contributed by atoms with E-state index in [2.05, 4.69) is 41.3 Å². The van der Waals surface area contributed by atoms with Crippen LogP contribution in [0.3, 0.4) is 0 Å². The summed E-state index contributed by atoms with van der Waals surface area (Å²) in [5.41, 5.74) is 1.33. The Kier molecular flexibility index (Phi) is 4.19. The van der Waals surface area contributed by atoms with Crippen molar-refractivity contribution in [1.82, 2.24) is 19.6 Å². The van der Waals surface area contributed by atoms with E-state index in [1.54, 1.807) is 0 Å². The fourth-order valence-electron chi connectivity index (χ4n) is 1.95. The summed E-state index contributed by atoms with van der Waals surface area (Å²) in [4.78, 5) is 16.2. The normalized spacial score (nSPS) is 11.4. The van der Waals surface area contributed by atoms with Gasteiger partial charge in [-0.15, -0.1) is 0 Å². The Balaban J connectivity index is 2.32. The minimum atomic E-state index is -0.252. The molecule has 0 atom stereocenters. The Hall–Kier alpha value is -1.85. The van der Waals surface area contributed by atoms with Crippen LogP contribution in [-0.2, 0) is 6.42 Å². The molecule has 2 rings (SSSR count). The number of nitrogens with zero attached hydrogens (tertiary/aromatic N) is 3. The van der Waals surface area contributed by atoms with Crippen LogP contribution in [-0.4, -0.2) is 26.1 Å². The lowest BCUT2D eigenvalue weighted by Gasteiger charge is -2.10. The van der Waals surface area contributed by atoms with Crippen molar-refractivity contribution >= 4 is 11.6 Å². The molecule has 0 saturated carbocycles. The number of nitrogens with one attached hydrogen (secondary N) is 2. The lowest BCUT2D eigenvalue weighted by Crippen LogP contribution is -2.18. The van der Waals surface area contributed by atoms with Gasteiger partial charge < -0.3 is 5.32 Å². The van der Waals surface area contributed by atoms with E-state index in [9.17, 15) is 4.79 Å². The predicted octanol–water partition coefficient (Wildman–Crippen LogP) is 1.83. The van der Waals surface area contributed by atoms with Gasteiger partial charge in [0.05, 0.1) is 0 Å². The molecule has 0 saturated heterocycles. The first-order valence-electron chi connectivity index (χ1n) is 6.82. The van der Waals surface area contributed by atoms with Crippen LogP contribution >= 0.6 is 0 Å². The summed E-state index contributed by atoms with van der Waals surface area (Å²) in [6, 6.07) is 1.86. The van der Waals surface area contributed by atoms with Crippen LogP contribution < -0.4 is 11.0 Å². The van der Waals surface area contributed by atoms with Crippen LogP contribution in [0.5, 0.6) is 0 Å². The van der Waals surface area contributed by atoms with E-state index in [-0.39, 0.29) is 5.69 Å². The molecule has 2 aromatic heterocycles. The Morgan fingerprint density at radius 3 is 2.95 bits per heavy atom. The third-order valence-electron chi connectivity index (χ3n) is 2.97. The second kappa shape index (κ2) is 5.86. The number of aromatic nitrogens is 4. The number of aromatic amines is 1. The molecule has 0 radical (unpaired) electrons. The zero-order chi connectivity index (χ0) is 13.8. The summed E-state index contributed by atoms with van der Waals surface area (Å²) in [5.74, 6) is 1.20. The second-order valence-corrected chi connectivity index (χ2v) is 5.15. The van der Waals surface area contributed by atoms with Gasteiger partial charge in [0.15, 0.2) is 5.65 Å². The van der Waals surface area contributed by atoms with Crippen molar-refractivity contribution in [3.8, 4) is 0 Å². The van der Waals surface area contributed by atoms with Gasteiger partial charge in [-0.3, -0.25) is 0 Å². The highest BCUT2D eigenvalue weighted by Gasteiger charge is 2.09. The molecule has 0 bridgehead atoms. The molecule has 0 fully saturated rings. The van der Waals surface area contributed by atoms with Crippen molar-refractivity contribution in [3.63, 3.8) is 0 Å². The van der Waals surface area contributed by atoms with Gasteiger partial charge in [-0.25, -0.2) is 19.3 Å². The molecule has 0 aliphatic heterocycles. The molecule has 19 heavy (non-hydrogen) atoms. The maximum absolute atomic E-state index is 11.7. The number of hydrogen-bond donors (Lipinski definition) is 2. The van der Waals surface area contributed by atoms with E-state index in [0.717, 1.165) is 31.5 Å². The minimum absolute atomic E-state index is 0.252. The van der Waals surface area contributed by atoms with Gasteiger partial charge in [0.2, 0.25) is 5.95 Å². The number of rotatable bonds is 6. The number of anilines is 1. The quantitative estimate of drug-likeness (QED) is 0.833. The van der Waals surface area contributed by atoms with Gasteiger partial charge in [0.25, 0.3) is 0 Å². The fraction of sp³-hybridized carbons (Fsp3) is 0.615. The third-order valence-corrected chi connectivity index (χ3v) is 2.97. The summed E-state index contributed by atoms with van der Waals surface area (Å²) < 4.78 is 1.49. The highest BCUT2D eigenvalue weighted by molar-refractivity contribution is 5.46. The van der Waals surface area contributed by atoms with Gasteiger partial charge in [-0.1, -0.05) is 27.2 Å². The number of aryl methyl sites for hydroxylation is 1. The molecule has 6 heteroatoms. The van der Waals surface area contributed by atoms with E-state index in [1.165, 1.54) is 4.40 Å². The highest BCUT2D eigenvalue weighted by atomic mass is 16.1. The lowest BCUT2D eigenvalue weighted by atomic mass is 10.1. The topological polar surface area (TPSA) is 75.1 Å². The summed E-state index contributed by atoms with van der Waals surface area (Å²) in [5, 5.41) is 9.71. The van der Waals surface area contributed by atoms with E-state index in [0.29, 0.717) is 17.5 Å². The molecule has 0 amide bonds. The van der Waals surface area contributed by atoms with E-state index >= 15 is 0 Å². The zero-order valence-corrected chi connectivity index (χ0v) is 11.7. The van der Waals surface area contributed by atoms with E-state index in [4.69, 9.17) is 0 Å². The second-order valence-electron chi connectivity index (χ2n) is 5.15. The molecular weight excluding hydrogens is 242 g/mol. The Morgan fingerprint density at radius 1 is 1.47 bits per heavy atom. The SMILES string of the molecule is CCCc1cc2n[nH]c(=O)n2c(NCCC(C)C)n1. The smallest absolute Gasteiger partial charge is 0.350 e. The summed E-state index contributed by atoms with van der Waals surface area (Å²) in [7, 11) is 0. The van der Waals surface area contributed by atoms with Crippen LogP contribution in [0.15, 0.2) is 10.9 Å². The standard InChI is InChI=1S/C13H21N5O/c1-4-5-10-8-11-16-17-13(19)18(11)12(15-10)14-7-6-9(2)3/h8-9H,4-7H2,1-3H3,(H,14,15)(H,17,19). The van der Waals surface area contributed by atoms with Crippen LogP contribution in [0, 0.1) is 5.92 Å². The third kappa shape index (κ3) is 3.13. The van der Waals surface area contributed by atoms with Crippen molar-refractivity contribution in [1.29, 1.82) is 0 Å². The van der Waals surface area contributed by atoms with Crippen molar-refractivity contribution in [2.75, 3.05) is 11.9 Å². The Bertz CT molecular complexity index is 599. The molecule has 0 aliphatic carbocycles. The first-order valence-corrected chi connectivity index (χ1v) is 6.82. The largest absolute Gasteiger partial charge is 0.355 e. The average molecular weight is 263 g/mol. The lowest BCUT2D eigenvalue weighted by molar-refractivity contribution is 0.605. The summed E-state index contributed by atoms with van der Waals surface area (Å²) in [6.45, 7) is 7.24. The van der Waals surface area contributed by atoms with Crippen molar-refractivity contribution < 1.29 is 0 Å². The molecule has 0 spiro atoms. The van der Waals surface area contributed by atoms with Crippen LogP contribution in [0.25, 0.3) is 5.65 Å². The van der Waals surface area contributed by atoms with Crippen LogP contribution in [0.1, 0.15) is 39.3 Å². The molecule has 0 aromatic carbocycles. The van der Waals surface area contributed by atoms with Gasteiger partial charge in [-0.05, 0) is 18.8 Å². The molecule has 2 N–H and O–H groups in total. The Labute approximate surface area is 112 Å². The van der Waals surface area contributed by atoms with Crippen molar-refractivity contribution in [2.24, 2.45) is 5.92 Å². The monoisotopic (exact) mass is 263 g/mol. The molecule has 0 unspecified atom stereocenters. The minimum Gasteiger partial charge on any atom is -0.355 e. The number of H-pyrrole nitrogens is 1.